The van der Waals surface area contributed by atoms with Crippen LogP contribution in [0.25, 0.3) is 0 Å². The van der Waals surface area contributed by atoms with Crippen LogP contribution in [0.15, 0.2) is 42.5 Å². The van der Waals surface area contributed by atoms with E-state index in [4.69, 9.17) is 5.73 Å². The van der Waals surface area contributed by atoms with Crippen LogP contribution in [-0.2, 0) is 21.7 Å². The van der Waals surface area contributed by atoms with Crippen LogP contribution in [0.2, 0.25) is 0 Å². The molecule has 1 saturated carbocycles. The molecule has 4 N–H and O–H groups in total. The van der Waals surface area contributed by atoms with Gasteiger partial charge in [-0.05, 0) is 54.7 Å². The van der Waals surface area contributed by atoms with Crippen LogP contribution in [0.4, 0.5) is 5.69 Å². The molecule has 8 heteroatoms. The Labute approximate surface area is 178 Å². The normalized spacial score (nSPS) is 21.7. The third kappa shape index (κ3) is 3.38. The number of fused-ring (bicyclic) bond motifs is 1. The first kappa shape index (κ1) is 19.4. The predicted octanol–water partition coefficient (Wildman–Crippen LogP) is 1.65. The highest BCUT2D eigenvalue weighted by Gasteiger charge is 2.44. The molecule has 2 aromatic carbocycles. The largest absolute Gasteiger partial charge is 0.381 e. The topological polar surface area (TPSA) is 122 Å². The van der Waals surface area contributed by atoms with Crippen molar-refractivity contribution in [1.29, 1.82) is 0 Å². The molecular formula is C23H22N4O4. The van der Waals surface area contributed by atoms with Crippen molar-refractivity contribution >= 4 is 29.3 Å². The molecule has 4 amide bonds. The Morgan fingerprint density at radius 2 is 1.71 bits per heavy atom. The summed E-state index contributed by atoms with van der Waals surface area (Å²) in [5.74, 6) is -2.00. The van der Waals surface area contributed by atoms with Gasteiger partial charge < -0.3 is 11.1 Å². The molecule has 0 aromatic heterocycles. The summed E-state index contributed by atoms with van der Waals surface area (Å²) in [6.45, 7) is 0.473. The maximum atomic E-state index is 12.9. The Bertz CT molecular complexity index is 1120. The zero-order valence-electron chi connectivity index (χ0n) is 16.8. The van der Waals surface area contributed by atoms with Crippen molar-refractivity contribution in [1.82, 2.24) is 10.2 Å². The number of rotatable bonds is 5. The van der Waals surface area contributed by atoms with Crippen molar-refractivity contribution in [3.05, 3.63) is 64.7 Å². The van der Waals surface area contributed by atoms with E-state index < -0.39 is 29.7 Å². The molecule has 1 unspecified atom stereocenters. The van der Waals surface area contributed by atoms with Gasteiger partial charge in [-0.2, -0.15) is 0 Å². The Morgan fingerprint density at radius 1 is 1.00 bits per heavy atom. The van der Waals surface area contributed by atoms with Crippen LogP contribution >= 0.6 is 0 Å². The van der Waals surface area contributed by atoms with E-state index >= 15 is 0 Å². The number of amides is 4. The Morgan fingerprint density at radius 3 is 2.39 bits per heavy atom. The quantitative estimate of drug-likeness (QED) is 0.635. The third-order valence-corrected chi connectivity index (χ3v) is 6.25. The molecule has 2 fully saturated rings. The minimum absolute atomic E-state index is 0.100. The highest BCUT2D eigenvalue weighted by molar-refractivity contribution is 6.23. The Balaban J connectivity index is 1.30. The van der Waals surface area contributed by atoms with Crippen LogP contribution in [0, 0.1) is 0 Å². The highest BCUT2D eigenvalue weighted by atomic mass is 16.2. The van der Waals surface area contributed by atoms with Crippen molar-refractivity contribution in [2.45, 2.75) is 43.8 Å². The van der Waals surface area contributed by atoms with Crippen molar-refractivity contribution < 1.29 is 19.2 Å². The number of nitrogens with one attached hydrogen (secondary N) is 2. The first-order chi connectivity index (χ1) is 14.9. The van der Waals surface area contributed by atoms with Gasteiger partial charge in [-0.15, -0.1) is 0 Å². The molecule has 8 nitrogen and oxygen atoms in total. The maximum absolute atomic E-state index is 12.9. The standard InChI is InChI=1S/C23H22N4O4/c24-23(9-10-23)14-2-4-15(5-3-14)25-12-13-1-6-16-17(11-13)22(31)27(21(16)30)18-7-8-19(28)26-20(18)29/h1-6,11,18,25H,7-10,12,24H2,(H,26,28,29). The molecule has 1 aliphatic carbocycles. The maximum Gasteiger partial charge on any atom is 0.262 e. The Hall–Kier alpha value is -3.52. The van der Waals surface area contributed by atoms with E-state index in [1.54, 1.807) is 18.2 Å². The summed E-state index contributed by atoms with van der Waals surface area (Å²) in [6, 6.07) is 12.1. The van der Waals surface area contributed by atoms with E-state index in [0.717, 1.165) is 34.6 Å². The molecule has 2 aliphatic heterocycles. The summed E-state index contributed by atoms with van der Waals surface area (Å²) < 4.78 is 0. The molecule has 0 radical (unpaired) electrons. The smallest absolute Gasteiger partial charge is 0.262 e. The molecule has 5 rings (SSSR count). The van der Waals surface area contributed by atoms with Crippen LogP contribution in [0.3, 0.4) is 0 Å². The number of imide groups is 2. The molecule has 2 aromatic rings. The van der Waals surface area contributed by atoms with Gasteiger partial charge in [-0.25, -0.2) is 0 Å². The zero-order chi connectivity index (χ0) is 21.8. The number of nitrogens with zero attached hydrogens (tertiary/aromatic N) is 1. The molecule has 2 heterocycles. The van der Waals surface area contributed by atoms with Crippen LogP contribution in [0.1, 0.15) is 57.5 Å². The molecule has 3 aliphatic rings. The predicted molar refractivity (Wildman–Crippen MR) is 112 cm³/mol. The summed E-state index contributed by atoms with van der Waals surface area (Å²) in [5, 5.41) is 5.51. The van der Waals surface area contributed by atoms with E-state index in [-0.39, 0.29) is 29.5 Å². The van der Waals surface area contributed by atoms with Crippen molar-refractivity contribution in [3.8, 4) is 0 Å². The second-order valence-corrected chi connectivity index (χ2v) is 8.41. The van der Waals surface area contributed by atoms with Crippen molar-refractivity contribution in [2.24, 2.45) is 5.73 Å². The van der Waals surface area contributed by atoms with E-state index in [1.165, 1.54) is 0 Å². The fourth-order valence-electron chi connectivity index (χ4n) is 4.18. The second-order valence-electron chi connectivity index (χ2n) is 8.41. The lowest BCUT2D eigenvalue weighted by Crippen LogP contribution is -2.54. The van der Waals surface area contributed by atoms with Gasteiger partial charge in [0.1, 0.15) is 6.04 Å². The fraction of sp³-hybridized carbons (Fsp3) is 0.304. The third-order valence-electron chi connectivity index (χ3n) is 6.25. The lowest BCUT2D eigenvalue weighted by Gasteiger charge is -2.27. The summed E-state index contributed by atoms with van der Waals surface area (Å²) in [5.41, 5.74) is 9.51. The average molecular weight is 418 g/mol. The number of nitrogens with two attached hydrogens (primary N) is 1. The fourth-order valence-corrected chi connectivity index (χ4v) is 4.18. The summed E-state index contributed by atoms with van der Waals surface area (Å²) in [6.07, 6.45) is 2.27. The number of hydrogen-bond donors (Lipinski definition) is 3. The number of carbonyl (C=O) groups excluding carboxylic acids is 4. The first-order valence-corrected chi connectivity index (χ1v) is 10.3. The first-order valence-electron chi connectivity index (χ1n) is 10.3. The monoisotopic (exact) mass is 418 g/mol. The van der Waals surface area contributed by atoms with Crippen LogP contribution in [0.5, 0.6) is 0 Å². The van der Waals surface area contributed by atoms with Gasteiger partial charge in [0, 0.05) is 24.2 Å². The van der Waals surface area contributed by atoms with Gasteiger partial charge in [-0.1, -0.05) is 18.2 Å². The highest BCUT2D eigenvalue weighted by Crippen LogP contribution is 2.42. The lowest BCUT2D eigenvalue weighted by atomic mass is 10.0. The van der Waals surface area contributed by atoms with Gasteiger partial charge in [0.2, 0.25) is 11.8 Å². The van der Waals surface area contributed by atoms with Gasteiger partial charge in [0.15, 0.2) is 0 Å². The summed E-state index contributed by atoms with van der Waals surface area (Å²) >= 11 is 0. The molecule has 0 bridgehead atoms. The minimum Gasteiger partial charge on any atom is -0.381 e. The van der Waals surface area contributed by atoms with E-state index in [9.17, 15) is 19.2 Å². The number of anilines is 1. The SMILES string of the molecule is NC1(c2ccc(NCc3ccc4c(c3)C(=O)N(C3CCC(=O)NC3=O)C4=O)cc2)CC1. The van der Waals surface area contributed by atoms with Gasteiger partial charge >= 0.3 is 0 Å². The van der Waals surface area contributed by atoms with E-state index in [1.807, 2.05) is 24.3 Å². The zero-order valence-corrected chi connectivity index (χ0v) is 16.8. The van der Waals surface area contributed by atoms with Gasteiger partial charge in [-0.3, -0.25) is 29.4 Å². The van der Waals surface area contributed by atoms with Gasteiger partial charge in [0.05, 0.1) is 11.1 Å². The second kappa shape index (κ2) is 7.02. The van der Waals surface area contributed by atoms with Crippen LogP contribution < -0.4 is 16.4 Å². The van der Waals surface area contributed by atoms with E-state index in [0.29, 0.717) is 6.54 Å². The summed E-state index contributed by atoms with van der Waals surface area (Å²) in [7, 11) is 0. The van der Waals surface area contributed by atoms with Gasteiger partial charge in [0.25, 0.3) is 11.8 Å². The number of piperidine rings is 1. The van der Waals surface area contributed by atoms with Crippen LogP contribution in [-0.4, -0.2) is 34.6 Å². The number of benzene rings is 2. The minimum atomic E-state index is -0.956. The summed E-state index contributed by atoms with van der Waals surface area (Å²) in [4.78, 5) is 50.2. The molecule has 1 saturated heterocycles. The molecule has 0 spiro atoms. The molecule has 158 valence electrons. The average Bonchev–Trinajstić information content (AvgIpc) is 3.47. The molecular weight excluding hydrogens is 396 g/mol. The molecule has 31 heavy (non-hydrogen) atoms. The number of carbonyl (C=O) groups is 4. The lowest BCUT2D eigenvalue weighted by molar-refractivity contribution is -0.136. The number of hydrogen-bond acceptors (Lipinski definition) is 6. The van der Waals surface area contributed by atoms with Crippen molar-refractivity contribution in [3.63, 3.8) is 0 Å². The Kier molecular flexibility index (Phi) is 4.40. The molecule has 1 atom stereocenters. The van der Waals surface area contributed by atoms with Crippen molar-refractivity contribution in [2.75, 3.05) is 5.32 Å². The van der Waals surface area contributed by atoms with E-state index in [2.05, 4.69) is 10.6 Å².